The van der Waals surface area contributed by atoms with Crippen LogP contribution in [0.5, 0.6) is 0 Å². The van der Waals surface area contributed by atoms with Gasteiger partial charge in [0.25, 0.3) is 5.92 Å². The minimum atomic E-state index is -2.78. The summed E-state index contributed by atoms with van der Waals surface area (Å²) in [5.74, 6) is -0.0841. The third-order valence-corrected chi connectivity index (χ3v) is 10.9. The van der Waals surface area contributed by atoms with Gasteiger partial charge in [-0.25, -0.2) is 8.78 Å². The van der Waals surface area contributed by atoms with E-state index in [1.165, 1.54) is 19.3 Å². The second-order valence-corrected chi connectivity index (χ2v) is 13.9. The predicted molar refractivity (Wildman–Crippen MR) is 151 cm³/mol. The van der Waals surface area contributed by atoms with E-state index in [2.05, 4.69) is 45.9 Å². The normalized spacial score (nSPS) is 32.3. The van der Waals surface area contributed by atoms with E-state index < -0.39 is 12.0 Å². The topological polar surface area (TPSA) is 60.7 Å². The molecule has 5 fully saturated rings. The lowest BCUT2D eigenvalue weighted by Crippen LogP contribution is -2.68. The van der Waals surface area contributed by atoms with E-state index in [1.54, 1.807) is 0 Å². The highest BCUT2D eigenvalue weighted by Crippen LogP contribution is 2.42. The molecule has 3 saturated carbocycles. The van der Waals surface area contributed by atoms with Crippen LogP contribution < -0.4 is 5.32 Å². The van der Waals surface area contributed by atoms with Crippen LogP contribution in [0.15, 0.2) is 4.52 Å². The zero-order chi connectivity index (χ0) is 27.4. The number of rotatable bonds is 6. The van der Waals surface area contributed by atoms with Crippen LogP contribution in [0.4, 0.5) is 8.78 Å². The number of nitrogens with zero attached hydrogens (tertiary/aromatic N) is 5. The van der Waals surface area contributed by atoms with Crippen molar-refractivity contribution in [3.63, 3.8) is 0 Å². The molecule has 1 N–H and O–H groups in total. The fraction of sp³-hybridized carbons (Fsp3) is 0.897. The van der Waals surface area contributed by atoms with E-state index in [9.17, 15) is 0 Å². The molecule has 0 spiro atoms. The molecule has 0 aromatic carbocycles. The number of hydrogen-bond acceptors (Lipinski definition) is 6. The molecular weight excluding hydrogens is 518 g/mol. The summed E-state index contributed by atoms with van der Waals surface area (Å²) in [7, 11) is 0. The number of nitrogens with one attached hydrogen (secondary N) is 1. The van der Waals surface area contributed by atoms with Gasteiger partial charge in [-0.3, -0.25) is 9.80 Å². The maximum atomic E-state index is 15.6. The van der Waals surface area contributed by atoms with Crippen LogP contribution in [-0.2, 0) is 5.41 Å². The second-order valence-electron chi connectivity index (χ2n) is 13.5. The summed E-state index contributed by atoms with van der Waals surface area (Å²) < 4.78 is 36.6. The number of halogens is 2. The van der Waals surface area contributed by atoms with Crippen LogP contribution in [-0.4, -0.2) is 92.8 Å². The van der Waals surface area contributed by atoms with Gasteiger partial charge in [0.15, 0.2) is 10.9 Å². The van der Waals surface area contributed by atoms with Crippen molar-refractivity contribution in [2.75, 3.05) is 32.7 Å². The molecule has 39 heavy (non-hydrogen) atoms. The molecule has 7 nitrogen and oxygen atoms in total. The molecule has 0 radical (unpaired) electrons. The van der Waals surface area contributed by atoms with E-state index in [-0.39, 0.29) is 17.9 Å². The van der Waals surface area contributed by atoms with Crippen molar-refractivity contribution in [2.24, 2.45) is 5.92 Å². The number of piperidine rings is 1. The van der Waals surface area contributed by atoms with Gasteiger partial charge in [-0.05, 0) is 83.3 Å². The largest absolute Gasteiger partial charge is 0.352 e. The zero-order valence-corrected chi connectivity index (χ0v) is 24.7. The van der Waals surface area contributed by atoms with Crippen LogP contribution in [0.3, 0.4) is 0 Å². The molecular formula is C29H46F2N6OS. The van der Waals surface area contributed by atoms with Gasteiger partial charge in [0.05, 0.1) is 0 Å². The maximum Gasteiger partial charge on any atom is 0.269 e. The number of thiocarbonyl (C=S) groups is 1. The maximum absolute atomic E-state index is 15.6. The minimum Gasteiger partial charge on any atom is -0.352 e. The molecule has 0 amide bonds. The first-order valence-electron chi connectivity index (χ1n) is 15.4. The van der Waals surface area contributed by atoms with E-state index in [0.717, 1.165) is 63.5 Å². The van der Waals surface area contributed by atoms with Gasteiger partial charge in [-0.2, -0.15) is 4.98 Å². The van der Waals surface area contributed by atoms with E-state index in [4.69, 9.17) is 21.7 Å². The lowest BCUT2D eigenvalue weighted by atomic mass is 9.77. The van der Waals surface area contributed by atoms with Gasteiger partial charge >= 0.3 is 0 Å². The Morgan fingerprint density at radius 1 is 1.00 bits per heavy atom. The third kappa shape index (κ3) is 5.59. The Labute approximate surface area is 237 Å². The van der Waals surface area contributed by atoms with Gasteiger partial charge in [-0.1, -0.05) is 18.5 Å². The summed E-state index contributed by atoms with van der Waals surface area (Å²) in [4.78, 5) is 11.8. The molecule has 2 saturated heterocycles. The van der Waals surface area contributed by atoms with Crippen molar-refractivity contribution in [1.29, 1.82) is 0 Å². The SMILES string of the molecule is CC(C)N1CCN([C@H]2CCCC(F)(F)[C@@H]2NC(=S)N2CCC(C)(c3noc(C4CC4)n3)CC2)CC1C1CCC1. The van der Waals surface area contributed by atoms with Gasteiger partial charge in [-0.15, -0.1) is 0 Å². The molecule has 6 rings (SSSR count). The standard InChI is InChI=1S/C29H46F2N6OS/c1-19(2)37-17-16-36(18-23(37)20-6-4-7-20)22-8-5-11-29(30,31)24(22)32-27(39)35-14-12-28(3,13-15-35)26-33-25(38-34-26)21-9-10-21/h19-24H,4-18H2,1-3H3,(H,32,39)/t22-,23?,24+/m0/s1. The van der Waals surface area contributed by atoms with E-state index in [0.29, 0.717) is 48.5 Å². The van der Waals surface area contributed by atoms with Crippen LogP contribution in [0.25, 0.3) is 0 Å². The van der Waals surface area contributed by atoms with Gasteiger partial charge in [0.2, 0.25) is 5.89 Å². The molecule has 10 heteroatoms. The van der Waals surface area contributed by atoms with Gasteiger partial charge in [0.1, 0.15) is 6.04 Å². The van der Waals surface area contributed by atoms with Crippen LogP contribution in [0.2, 0.25) is 0 Å². The first-order valence-corrected chi connectivity index (χ1v) is 15.8. The van der Waals surface area contributed by atoms with E-state index >= 15 is 8.78 Å². The number of hydrogen-bond donors (Lipinski definition) is 1. The Balaban J connectivity index is 1.11. The molecule has 3 atom stereocenters. The van der Waals surface area contributed by atoms with Crippen molar-refractivity contribution in [3.8, 4) is 0 Å². The molecule has 5 aliphatic rings. The quantitative estimate of drug-likeness (QED) is 0.489. The Morgan fingerprint density at radius 2 is 1.74 bits per heavy atom. The Bertz CT molecular complexity index is 1020. The molecule has 1 unspecified atom stereocenters. The Morgan fingerprint density at radius 3 is 2.38 bits per heavy atom. The van der Waals surface area contributed by atoms with Crippen molar-refractivity contribution >= 4 is 17.3 Å². The highest BCUT2D eigenvalue weighted by atomic mass is 32.1. The highest BCUT2D eigenvalue weighted by Gasteiger charge is 2.51. The summed E-state index contributed by atoms with van der Waals surface area (Å²) in [6.07, 6.45) is 9.05. The lowest BCUT2D eigenvalue weighted by molar-refractivity contribution is -0.105. The summed E-state index contributed by atoms with van der Waals surface area (Å²) in [6, 6.07) is -0.178. The minimum absolute atomic E-state index is 0.0684. The van der Waals surface area contributed by atoms with Gasteiger partial charge in [0, 0.05) is 68.6 Å². The number of aromatic nitrogens is 2. The van der Waals surface area contributed by atoms with Crippen molar-refractivity contribution in [2.45, 2.75) is 126 Å². The van der Waals surface area contributed by atoms with Crippen molar-refractivity contribution in [3.05, 3.63) is 11.7 Å². The van der Waals surface area contributed by atoms with Crippen molar-refractivity contribution in [1.82, 2.24) is 30.2 Å². The molecule has 3 aliphatic carbocycles. The molecule has 1 aromatic rings. The van der Waals surface area contributed by atoms with Crippen LogP contribution >= 0.6 is 12.2 Å². The Hall–Kier alpha value is -1.39. The average Bonchev–Trinajstić information content (AvgIpc) is 3.59. The Kier molecular flexibility index (Phi) is 7.68. The predicted octanol–water partition coefficient (Wildman–Crippen LogP) is 4.93. The first-order chi connectivity index (χ1) is 18.6. The summed E-state index contributed by atoms with van der Waals surface area (Å²) in [5, 5.41) is 8.00. The number of alkyl halides is 2. The smallest absolute Gasteiger partial charge is 0.269 e. The molecule has 2 aliphatic heterocycles. The third-order valence-electron chi connectivity index (χ3n) is 10.5. The second kappa shape index (κ2) is 10.8. The average molecular weight is 565 g/mol. The summed E-state index contributed by atoms with van der Waals surface area (Å²) >= 11 is 5.80. The number of piperazine rings is 1. The lowest BCUT2D eigenvalue weighted by Gasteiger charge is -2.53. The van der Waals surface area contributed by atoms with Gasteiger partial charge < -0.3 is 14.7 Å². The molecule has 3 heterocycles. The summed E-state index contributed by atoms with van der Waals surface area (Å²) in [5.41, 5.74) is -0.174. The molecule has 218 valence electrons. The summed E-state index contributed by atoms with van der Waals surface area (Å²) in [6.45, 7) is 10.8. The monoisotopic (exact) mass is 564 g/mol. The van der Waals surface area contributed by atoms with Crippen LogP contribution in [0.1, 0.15) is 103 Å². The fourth-order valence-electron chi connectivity index (χ4n) is 7.41. The first kappa shape index (κ1) is 27.8. The zero-order valence-electron chi connectivity index (χ0n) is 23.9. The van der Waals surface area contributed by atoms with E-state index in [1.807, 2.05) is 0 Å². The van der Waals surface area contributed by atoms with Crippen LogP contribution in [0, 0.1) is 5.92 Å². The number of likely N-dealkylation sites (tertiary alicyclic amines) is 1. The highest BCUT2D eigenvalue weighted by molar-refractivity contribution is 7.80. The van der Waals surface area contributed by atoms with Crippen molar-refractivity contribution < 1.29 is 13.3 Å². The molecule has 1 aromatic heterocycles. The molecule has 0 bridgehead atoms. The fourth-order valence-corrected chi connectivity index (χ4v) is 7.72.